The number of fused-ring (bicyclic) bond motifs is 1. The first-order valence-corrected chi connectivity index (χ1v) is 5.15. The maximum atomic E-state index is 11.4. The van der Waals surface area contributed by atoms with E-state index in [2.05, 4.69) is 12.7 Å². The van der Waals surface area contributed by atoms with Crippen LogP contribution >= 0.6 is 0 Å². The van der Waals surface area contributed by atoms with Crippen molar-refractivity contribution in [2.75, 3.05) is 0 Å². The summed E-state index contributed by atoms with van der Waals surface area (Å²) in [5.41, 5.74) is 0. The first-order chi connectivity index (χ1) is 7.20. The van der Waals surface area contributed by atoms with Crippen molar-refractivity contribution in [1.82, 2.24) is 0 Å². The summed E-state index contributed by atoms with van der Waals surface area (Å²) in [6, 6.07) is 0. The van der Waals surface area contributed by atoms with Crippen molar-refractivity contribution in [2.24, 2.45) is 17.8 Å². The van der Waals surface area contributed by atoms with E-state index >= 15 is 0 Å². The van der Waals surface area contributed by atoms with E-state index in [0.717, 1.165) is 12.8 Å². The standard InChI is InChI=1S/C11H11O4.Rh/c1-2-8(12)14-9-5-3-6-7(4-5)11(13)15-10(6)9;/h5-7,9-10H,1,3-4H2;/q-1;. The molecular weight excluding hydrogens is 299 g/mol. The van der Waals surface area contributed by atoms with Gasteiger partial charge < -0.3 is 15.5 Å². The van der Waals surface area contributed by atoms with Crippen molar-refractivity contribution < 1.29 is 38.5 Å². The Labute approximate surface area is 106 Å². The second-order valence-corrected chi connectivity index (χ2v) is 4.45. The minimum Gasteiger partial charge on any atom is -0.483 e. The van der Waals surface area contributed by atoms with Crippen molar-refractivity contribution in [3.8, 4) is 0 Å². The summed E-state index contributed by atoms with van der Waals surface area (Å²) in [4.78, 5) is 22.5. The third kappa shape index (κ3) is 1.45. The Hall–Kier alpha value is -0.697. The molecule has 2 aliphatic carbocycles. The minimum absolute atomic E-state index is 0. The van der Waals surface area contributed by atoms with Gasteiger partial charge in [0.15, 0.2) is 0 Å². The van der Waals surface area contributed by atoms with Gasteiger partial charge in [0.25, 0.3) is 0 Å². The number of carbonyl (C=O) groups excluding carboxylic acids is 2. The van der Waals surface area contributed by atoms with Crippen molar-refractivity contribution >= 4 is 11.9 Å². The zero-order valence-electron chi connectivity index (χ0n) is 8.47. The molecule has 5 atom stereocenters. The van der Waals surface area contributed by atoms with Gasteiger partial charge in [0, 0.05) is 31.3 Å². The van der Waals surface area contributed by atoms with E-state index in [1.54, 1.807) is 0 Å². The van der Waals surface area contributed by atoms with Crippen molar-refractivity contribution in [2.45, 2.75) is 25.0 Å². The maximum absolute atomic E-state index is 11.4. The Kier molecular flexibility index (Phi) is 2.91. The zero-order chi connectivity index (χ0) is 10.6. The Morgan fingerprint density at radius 2 is 2.25 bits per heavy atom. The summed E-state index contributed by atoms with van der Waals surface area (Å²) >= 11 is 0. The first-order valence-electron chi connectivity index (χ1n) is 5.15. The molecule has 2 saturated carbocycles. The zero-order valence-corrected chi connectivity index (χ0v) is 10.1. The Bertz CT molecular complexity index is 354. The molecule has 0 aromatic carbocycles. The second kappa shape index (κ2) is 3.95. The van der Waals surface area contributed by atoms with Crippen LogP contribution < -0.4 is 0 Å². The fourth-order valence-corrected chi connectivity index (χ4v) is 3.23. The molecule has 1 aliphatic heterocycles. The number of carbonyl (C=O) groups is 2. The molecule has 1 radical (unpaired) electrons. The predicted molar refractivity (Wildman–Crippen MR) is 48.3 cm³/mol. The van der Waals surface area contributed by atoms with Gasteiger partial charge in [0.05, 0.1) is 5.92 Å². The summed E-state index contributed by atoms with van der Waals surface area (Å²) in [5.74, 6) is -0.0535. The van der Waals surface area contributed by atoms with E-state index in [0.29, 0.717) is 0 Å². The molecule has 89 valence electrons. The van der Waals surface area contributed by atoms with Gasteiger partial charge in [-0.2, -0.15) is 0 Å². The van der Waals surface area contributed by atoms with E-state index in [9.17, 15) is 9.59 Å². The van der Waals surface area contributed by atoms with Gasteiger partial charge in [-0.1, -0.05) is 0 Å². The van der Waals surface area contributed by atoms with Crippen molar-refractivity contribution in [1.29, 1.82) is 0 Å². The monoisotopic (exact) mass is 310 g/mol. The molecule has 16 heavy (non-hydrogen) atoms. The molecule has 5 heteroatoms. The smallest absolute Gasteiger partial charge is 0.309 e. The summed E-state index contributed by atoms with van der Waals surface area (Å²) in [6.07, 6.45) is 3.44. The molecule has 0 amide bonds. The summed E-state index contributed by atoms with van der Waals surface area (Å²) in [5, 5.41) is 0. The number of hydrogen-bond donors (Lipinski definition) is 0. The number of ether oxygens (including phenoxy) is 2. The summed E-state index contributed by atoms with van der Waals surface area (Å²) in [7, 11) is 0. The van der Waals surface area contributed by atoms with Crippen LogP contribution in [-0.4, -0.2) is 24.1 Å². The largest absolute Gasteiger partial charge is 0.483 e. The molecule has 3 rings (SSSR count). The van der Waals surface area contributed by atoms with Crippen LogP contribution in [0.5, 0.6) is 0 Å². The minimum atomic E-state index is -0.549. The number of hydrogen-bond acceptors (Lipinski definition) is 4. The molecule has 1 saturated heterocycles. The van der Waals surface area contributed by atoms with Crippen LogP contribution in [0.4, 0.5) is 0 Å². The van der Waals surface area contributed by atoms with Gasteiger partial charge >= 0.3 is 5.97 Å². The van der Waals surface area contributed by atoms with Crippen LogP contribution in [0.15, 0.2) is 6.58 Å². The molecule has 4 nitrogen and oxygen atoms in total. The van der Waals surface area contributed by atoms with Crippen molar-refractivity contribution in [3.05, 3.63) is 12.7 Å². The molecule has 0 spiro atoms. The molecule has 0 aromatic heterocycles. The second-order valence-electron chi connectivity index (χ2n) is 4.45. The first kappa shape index (κ1) is 11.8. The molecule has 2 bridgehead atoms. The third-order valence-electron chi connectivity index (χ3n) is 3.80. The fourth-order valence-electron chi connectivity index (χ4n) is 3.23. The number of esters is 2. The van der Waals surface area contributed by atoms with Crippen molar-refractivity contribution in [3.63, 3.8) is 0 Å². The van der Waals surface area contributed by atoms with E-state index in [1.807, 2.05) is 0 Å². The van der Waals surface area contributed by atoms with E-state index in [-0.39, 0.29) is 55.4 Å². The van der Waals surface area contributed by atoms with E-state index < -0.39 is 5.97 Å². The van der Waals surface area contributed by atoms with Crippen LogP contribution in [0.2, 0.25) is 0 Å². The van der Waals surface area contributed by atoms with Gasteiger partial charge in [0.1, 0.15) is 18.2 Å². The van der Waals surface area contributed by atoms with Gasteiger partial charge in [-0.25, -0.2) is 0 Å². The van der Waals surface area contributed by atoms with E-state index in [4.69, 9.17) is 9.47 Å². The molecule has 0 N–H and O–H groups in total. The topological polar surface area (TPSA) is 52.6 Å². The average Bonchev–Trinajstić information content (AvgIpc) is 2.81. The van der Waals surface area contributed by atoms with Gasteiger partial charge in [-0.3, -0.25) is 16.2 Å². The molecular formula is C11H11O4Rh-. The normalized spacial score (nSPS) is 42.5. The van der Waals surface area contributed by atoms with Crippen LogP contribution in [0.3, 0.4) is 0 Å². The van der Waals surface area contributed by atoms with Crippen LogP contribution in [-0.2, 0) is 38.5 Å². The Balaban J connectivity index is 0.000000963. The Morgan fingerprint density at radius 3 is 2.94 bits per heavy atom. The predicted octanol–water partition coefficient (Wildman–Crippen LogP) is 0.466. The van der Waals surface area contributed by atoms with E-state index in [1.165, 1.54) is 0 Å². The van der Waals surface area contributed by atoms with Gasteiger partial charge in [-0.15, -0.1) is 0 Å². The molecule has 3 aliphatic rings. The van der Waals surface area contributed by atoms with Crippen LogP contribution in [0, 0.1) is 23.8 Å². The van der Waals surface area contributed by atoms with Crippen LogP contribution in [0.25, 0.3) is 0 Å². The summed E-state index contributed by atoms with van der Waals surface area (Å²) < 4.78 is 10.4. The number of rotatable bonds is 2. The molecule has 5 unspecified atom stereocenters. The molecule has 0 aromatic rings. The van der Waals surface area contributed by atoms with Gasteiger partial charge in [0.2, 0.25) is 0 Å². The molecule has 3 fully saturated rings. The third-order valence-corrected chi connectivity index (χ3v) is 3.80. The quantitative estimate of drug-likeness (QED) is 0.322. The summed E-state index contributed by atoms with van der Waals surface area (Å²) in [6.45, 7) is 3.23. The fraction of sp³-hybridized carbons (Fsp3) is 0.636. The van der Waals surface area contributed by atoms with Gasteiger partial charge in [-0.05, 0) is 12.8 Å². The average molecular weight is 310 g/mol. The molecule has 1 heterocycles. The maximum Gasteiger partial charge on any atom is 0.309 e. The van der Waals surface area contributed by atoms with Crippen LogP contribution in [0.1, 0.15) is 12.8 Å². The SMILES string of the molecule is C=[C-]C(=O)OC1C2CC3C(=O)OC1C3C2.[Rh]. The Morgan fingerprint density at radius 1 is 1.50 bits per heavy atom.